The summed E-state index contributed by atoms with van der Waals surface area (Å²) < 4.78 is 1.13. The Hall–Kier alpha value is -0.380. The van der Waals surface area contributed by atoms with Crippen LogP contribution in [0.15, 0.2) is 22.7 Å². The number of halogens is 1. The minimum atomic E-state index is 0.281. The van der Waals surface area contributed by atoms with E-state index in [4.69, 9.17) is 5.11 Å². The largest absolute Gasteiger partial charge is 0.396 e. The molecule has 0 spiro atoms. The Bertz CT molecular complexity index is 328. The van der Waals surface area contributed by atoms with Crippen molar-refractivity contribution in [3.05, 3.63) is 33.8 Å². The standard InChI is InChI=1S/C13H20BrNO/c1-10-8-13(14)6-5-12(10)9-15-11(2)4-3-7-16/h5-6,8,11,15-16H,3-4,7,9H2,1-2H3/t11-/m1/s1. The van der Waals surface area contributed by atoms with Gasteiger partial charge in [-0.25, -0.2) is 0 Å². The van der Waals surface area contributed by atoms with Crippen molar-refractivity contribution in [3.63, 3.8) is 0 Å². The summed E-state index contributed by atoms with van der Waals surface area (Å²) in [5, 5.41) is 12.2. The van der Waals surface area contributed by atoms with E-state index in [1.807, 2.05) is 0 Å². The molecule has 0 fully saturated rings. The van der Waals surface area contributed by atoms with Crippen LogP contribution < -0.4 is 5.32 Å². The molecule has 1 aromatic carbocycles. The van der Waals surface area contributed by atoms with E-state index < -0.39 is 0 Å². The molecule has 3 heteroatoms. The normalized spacial score (nSPS) is 12.8. The van der Waals surface area contributed by atoms with Gasteiger partial charge >= 0.3 is 0 Å². The fraction of sp³-hybridized carbons (Fsp3) is 0.538. The maximum absolute atomic E-state index is 8.74. The second-order valence-electron chi connectivity index (χ2n) is 4.22. The van der Waals surface area contributed by atoms with E-state index in [1.54, 1.807) is 0 Å². The van der Waals surface area contributed by atoms with Crippen LogP contribution in [0.2, 0.25) is 0 Å². The topological polar surface area (TPSA) is 32.3 Å². The Labute approximate surface area is 106 Å². The van der Waals surface area contributed by atoms with Crippen LogP contribution in [0.5, 0.6) is 0 Å². The van der Waals surface area contributed by atoms with Crippen molar-refractivity contribution in [2.24, 2.45) is 0 Å². The molecule has 1 aromatic rings. The summed E-state index contributed by atoms with van der Waals surface area (Å²) in [5.74, 6) is 0. The number of nitrogens with one attached hydrogen (secondary N) is 1. The second kappa shape index (κ2) is 7.05. The van der Waals surface area contributed by atoms with Gasteiger partial charge in [-0.1, -0.05) is 22.0 Å². The van der Waals surface area contributed by atoms with E-state index in [0.717, 1.165) is 23.9 Å². The lowest BCUT2D eigenvalue weighted by atomic mass is 10.1. The zero-order chi connectivity index (χ0) is 12.0. The van der Waals surface area contributed by atoms with Crippen molar-refractivity contribution in [2.75, 3.05) is 6.61 Å². The van der Waals surface area contributed by atoms with Crippen molar-refractivity contribution >= 4 is 15.9 Å². The van der Waals surface area contributed by atoms with Gasteiger partial charge in [0.25, 0.3) is 0 Å². The number of hydrogen-bond acceptors (Lipinski definition) is 2. The molecule has 0 saturated heterocycles. The van der Waals surface area contributed by atoms with Crippen molar-refractivity contribution in [3.8, 4) is 0 Å². The third kappa shape index (κ3) is 4.64. The Morgan fingerprint density at radius 3 is 2.81 bits per heavy atom. The van der Waals surface area contributed by atoms with Gasteiger partial charge in [-0.3, -0.25) is 0 Å². The highest BCUT2D eigenvalue weighted by Gasteiger charge is 2.03. The van der Waals surface area contributed by atoms with Crippen molar-refractivity contribution in [1.82, 2.24) is 5.32 Å². The molecule has 0 aliphatic heterocycles. The number of hydrogen-bond donors (Lipinski definition) is 2. The predicted molar refractivity (Wildman–Crippen MR) is 71.5 cm³/mol. The molecule has 2 nitrogen and oxygen atoms in total. The average Bonchev–Trinajstić information content (AvgIpc) is 2.25. The first-order valence-electron chi connectivity index (χ1n) is 5.72. The smallest absolute Gasteiger partial charge is 0.0431 e. The van der Waals surface area contributed by atoms with Crippen LogP contribution in [0.4, 0.5) is 0 Å². The van der Waals surface area contributed by atoms with Gasteiger partial charge < -0.3 is 10.4 Å². The summed E-state index contributed by atoms with van der Waals surface area (Å²) in [6, 6.07) is 6.80. The van der Waals surface area contributed by atoms with E-state index in [9.17, 15) is 0 Å². The Kier molecular flexibility index (Phi) is 6.03. The fourth-order valence-corrected chi connectivity index (χ4v) is 2.12. The predicted octanol–water partition coefficient (Wildman–Crippen LogP) is 3.01. The van der Waals surface area contributed by atoms with Crippen molar-refractivity contribution < 1.29 is 5.11 Å². The first kappa shape index (κ1) is 13.7. The summed E-state index contributed by atoms with van der Waals surface area (Å²) in [7, 11) is 0. The van der Waals surface area contributed by atoms with Crippen LogP contribution in [0.1, 0.15) is 30.9 Å². The van der Waals surface area contributed by atoms with Crippen LogP contribution in [0.25, 0.3) is 0 Å². The van der Waals surface area contributed by atoms with E-state index in [-0.39, 0.29) is 6.61 Å². The molecule has 0 bridgehead atoms. The van der Waals surface area contributed by atoms with E-state index in [1.165, 1.54) is 11.1 Å². The SMILES string of the molecule is Cc1cc(Br)ccc1CN[C@H](C)CCCO. The highest BCUT2D eigenvalue weighted by atomic mass is 79.9. The highest BCUT2D eigenvalue weighted by Crippen LogP contribution is 2.15. The number of aliphatic hydroxyl groups excluding tert-OH is 1. The van der Waals surface area contributed by atoms with Crippen molar-refractivity contribution in [1.29, 1.82) is 0 Å². The molecule has 0 aliphatic rings. The summed E-state index contributed by atoms with van der Waals surface area (Å²) >= 11 is 3.46. The molecule has 0 amide bonds. The number of benzene rings is 1. The number of aliphatic hydroxyl groups is 1. The molecule has 1 rings (SSSR count). The van der Waals surface area contributed by atoms with Crippen LogP contribution in [0.3, 0.4) is 0 Å². The van der Waals surface area contributed by atoms with Crippen LogP contribution in [-0.2, 0) is 6.54 Å². The first-order chi connectivity index (χ1) is 7.63. The molecule has 0 unspecified atom stereocenters. The first-order valence-corrected chi connectivity index (χ1v) is 6.52. The molecule has 16 heavy (non-hydrogen) atoms. The highest BCUT2D eigenvalue weighted by molar-refractivity contribution is 9.10. The van der Waals surface area contributed by atoms with E-state index in [2.05, 4.69) is 53.3 Å². The molecule has 0 aliphatic carbocycles. The number of rotatable bonds is 6. The van der Waals surface area contributed by atoms with Gasteiger partial charge in [0.15, 0.2) is 0 Å². The Morgan fingerprint density at radius 1 is 1.44 bits per heavy atom. The van der Waals surface area contributed by atoms with Gasteiger partial charge in [-0.05, 0) is 49.9 Å². The molecule has 0 aromatic heterocycles. The van der Waals surface area contributed by atoms with E-state index in [0.29, 0.717) is 6.04 Å². The lowest BCUT2D eigenvalue weighted by Crippen LogP contribution is -2.25. The van der Waals surface area contributed by atoms with E-state index >= 15 is 0 Å². The minimum Gasteiger partial charge on any atom is -0.396 e. The Balaban J connectivity index is 2.42. The van der Waals surface area contributed by atoms with Crippen LogP contribution in [0, 0.1) is 6.92 Å². The molecular weight excluding hydrogens is 266 g/mol. The zero-order valence-corrected chi connectivity index (χ0v) is 11.5. The van der Waals surface area contributed by atoms with Gasteiger partial charge in [0, 0.05) is 23.7 Å². The molecule has 1 atom stereocenters. The molecular formula is C13H20BrNO. The molecule has 0 saturated carbocycles. The molecule has 2 N–H and O–H groups in total. The third-order valence-electron chi connectivity index (χ3n) is 2.74. The average molecular weight is 286 g/mol. The second-order valence-corrected chi connectivity index (χ2v) is 5.13. The maximum Gasteiger partial charge on any atom is 0.0431 e. The summed E-state index contributed by atoms with van der Waals surface area (Å²) in [4.78, 5) is 0. The summed E-state index contributed by atoms with van der Waals surface area (Å²) in [6.45, 7) is 5.46. The van der Waals surface area contributed by atoms with Gasteiger partial charge in [0.1, 0.15) is 0 Å². The fourth-order valence-electron chi connectivity index (χ4n) is 1.64. The van der Waals surface area contributed by atoms with Gasteiger partial charge in [0.05, 0.1) is 0 Å². The van der Waals surface area contributed by atoms with Crippen molar-refractivity contribution in [2.45, 2.75) is 39.3 Å². The van der Waals surface area contributed by atoms with Gasteiger partial charge in [-0.15, -0.1) is 0 Å². The summed E-state index contributed by atoms with van der Waals surface area (Å²) in [5.41, 5.74) is 2.63. The molecule has 0 heterocycles. The van der Waals surface area contributed by atoms with Gasteiger partial charge in [0.2, 0.25) is 0 Å². The quantitative estimate of drug-likeness (QED) is 0.842. The lowest BCUT2D eigenvalue weighted by Gasteiger charge is -2.14. The Morgan fingerprint density at radius 2 is 2.19 bits per heavy atom. The van der Waals surface area contributed by atoms with Crippen LogP contribution in [-0.4, -0.2) is 17.8 Å². The van der Waals surface area contributed by atoms with Crippen LogP contribution >= 0.6 is 15.9 Å². The third-order valence-corrected chi connectivity index (χ3v) is 3.23. The minimum absolute atomic E-state index is 0.281. The zero-order valence-electron chi connectivity index (χ0n) is 9.96. The number of aryl methyl sites for hydroxylation is 1. The molecule has 0 radical (unpaired) electrons. The monoisotopic (exact) mass is 285 g/mol. The van der Waals surface area contributed by atoms with Gasteiger partial charge in [-0.2, -0.15) is 0 Å². The molecule has 90 valence electrons. The summed E-state index contributed by atoms with van der Waals surface area (Å²) in [6.07, 6.45) is 1.89. The lowest BCUT2D eigenvalue weighted by molar-refractivity contribution is 0.276. The maximum atomic E-state index is 8.74.